The molecule has 1 N–H and O–H groups in total. The van der Waals surface area contributed by atoms with E-state index in [1.165, 1.54) is 11.3 Å². The maximum atomic E-state index is 9.15. The second-order valence-electron chi connectivity index (χ2n) is 3.52. The summed E-state index contributed by atoms with van der Waals surface area (Å²) in [7, 11) is 1.61. The third kappa shape index (κ3) is 2.44. The Labute approximate surface area is 109 Å². The molecule has 0 aliphatic rings. The highest BCUT2D eigenvalue weighted by molar-refractivity contribution is 7.15. The summed E-state index contributed by atoms with van der Waals surface area (Å²) < 4.78 is 5.28. The van der Waals surface area contributed by atoms with E-state index in [1.807, 2.05) is 19.1 Å². The van der Waals surface area contributed by atoms with Crippen LogP contribution in [0, 0.1) is 6.92 Å². The number of rotatable bonds is 3. The van der Waals surface area contributed by atoms with Gasteiger partial charge < -0.3 is 9.84 Å². The number of hydrogen-bond donors (Lipinski definition) is 1. The van der Waals surface area contributed by atoms with Gasteiger partial charge in [-0.15, -0.1) is 11.3 Å². The highest BCUT2D eigenvalue weighted by Gasteiger charge is 2.13. The topological polar surface area (TPSA) is 42.4 Å². The Morgan fingerprint density at radius 2 is 2.24 bits per heavy atom. The van der Waals surface area contributed by atoms with Crippen LogP contribution in [0.15, 0.2) is 18.2 Å². The Balaban J connectivity index is 2.54. The lowest BCUT2D eigenvalue weighted by Gasteiger charge is -2.05. The van der Waals surface area contributed by atoms with E-state index in [4.69, 9.17) is 21.4 Å². The van der Waals surface area contributed by atoms with Gasteiger partial charge in [-0.05, 0) is 25.1 Å². The van der Waals surface area contributed by atoms with Gasteiger partial charge in [0, 0.05) is 9.90 Å². The lowest BCUT2D eigenvalue weighted by Crippen LogP contribution is -1.89. The van der Waals surface area contributed by atoms with Crippen LogP contribution in [0.3, 0.4) is 0 Å². The third-order valence-electron chi connectivity index (χ3n) is 2.43. The quantitative estimate of drug-likeness (QED) is 0.930. The second-order valence-corrected chi connectivity index (χ2v) is 5.16. The van der Waals surface area contributed by atoms with Gasteiger partial charge in [0.15, 0.2) is 0 Å². The Hall–Kier alpha value is -1.10. The van der Waals surface area contributed by atoms with Crippen LogP contribution in [0.1, 0.15) is 10.6 Å². The lowest BCUT2D eigenvalue weighted by atomic mass is 10.2. The molecule has 0 saturated heterocycles. The molecule has 0 amide bonds. The van der Waals surface area contributed by atoms with E-state index in [1.54, 1.807) is 13.2 Å². The number of aromatic nitrogens is 1. The van der Waals surface area contributed by atoms with Crippen LogP contribution in [-0.2, 0) is 6.61 Å². The summed E-state index contributed by atoms with van der Waals surface area (Å²) in [6.07, 6.45) is 0. The fourth-order valence-electron chi connectivity index (χ4n) is 1.54. The highest BCUT2D eigenvalue weighted by atomic mass is 35.5. The van der Waals surface area contributed by atoms with E-state index in [2.05, 4.69) is 4.98 Å². The summed E-state index contributed by atoms with van der Waals surface area (Å²) in [6, 6.07) is 5.41. The Bertz CT molecular complexity index is 539. The fourth-order valence-corrected chi connectivity index (χ4v) is 2.65. The predicted octanol–water partition coefficient (Wildman–Crippen LogP) is 3.27. The molecule has 2 aromatic rings. The summed E-state index contributed by atoms with van der Waals surface area (Å²) in [4.78, 5) is 5.38. The van der Waals surface area contributed by atoms with Crippen molar-refractivity contribution < 1.29 is 9.84 Å². The monoisotopic (exact) mass is 269 g/mol. The van der Waals surface area contributed by atoms with Gasteiger partial charge in [0.2, 0.25) is 0 Å². The van der Waals surface area contributed by atoms with Crippen molar-refractivity contribution in [3.63, 3.8) is 0 Å². The number of halogens is 1. The zero-order valence-corrected chi connectivity index (χ0v) is 11.1. The number of aryl methyl sites for hydroxylation is 1. The van der Waals surface area contributed by atoms with E-state index >= 15 is 0 Å². The van der Waals surface area contributed by atoms with Gasteiger partial charge in [-0.1, -0.05) is 11.6 Å². The van der Waals surface area contributed by atoms with E-state index < -0.39 is 0 Å². The van der Waals surface area contributed by atoms with E-state index in [0.29, 0.717) is 10.7 Å². The molecular formula is C12H12ClNO2S. The van der Waals surface area contributed by atoms with Gasteiger partial charge in [0.05, 0.1) is 25.0 Å². The number of benzene rings is 1. The summed E-state index contributed by atoms with van der Waals surface area (Å²) >= 11 is 7.50. The molecule has 0 saturated carbocycles. The molecule has 0 bridgehead atoms. The predicted molar refractivity (Wildman–Crippen MR) is 69.8 cm³/mol. The molecule has 1 heterocycles. The van der Waals surface area contributed by atoms with Crippen LogP contribution >= 0.6 is 22.9 Å². The first kappa shape index (κ1) is 12.4. The van der Waals surface area contributed by atoms with Crippen LogP contribution in [0.5, 0.6) is 5.75 Å². The van der Waals surface area contributed by atoms with Crippen molar-refractivity contribution in [3.05, 3.63) is 33.8 Å². The molecule has 17 heavy (non-hydrogen) atoms. The maximum Gasteiger partial charge on any atom is 0.129 e. The average molecular weight is 270 g/mol. The van der Waals surface area contributed by atoms with Crippen LogP contribution in [0.2, 0.25) is 5.02 Å². The zero-order valence-electron chi connectivity index (χ0n) is 9.53. The number of hydrogen-bond acceptors (Lipinski definition) is 4. The minimum atomic E-state index is -0.0504. The number of methoxy groups -OCH3 is 1. The number of aliphatic hydroxyl groups is 1. The van der Waals surface area contributed by atoms with Gasteiger partial charge >= 0.3 is 0 Å². The van der Waals surface area contributed by atoms with Gasteiger partial charge in [-0.25, -0.2) is 4.98 Å². The first-order chi connectivity index (χ1) is 8.15. The number of aliphatic hydroxyl groups excluding tert-OH is 1. The Morgan fingerprint density at radius 1 is 1.47 bits per heavy atom. The Morgan fingerprint density at radius 3 is 2.82 bits per heavy atom. The van der Waals surface area contributed by atoms with Crippen molar-refractivity contribution in [1.82, 2.24) is 4.98 Å². The van der Waals surface area contributed by atoms with Crippen molar-refractivity contribution >= 4 is 22.9 Å². The minimum absolute atomic E-state index is 0.0504. The lowest BCUT2D eigenvalue weighted by molar-refractivity contribution is 0.277. The van der Waals surface area contributed by atoms with Crippen LogP contribution in [0.4, 0.5) is 0 Å². The summed E-state index contributed by atoms with van der Waals surface area (Å²) in [6.45, 7) is 1.88. The first-order valence-corrected chi connectivity index (χ1v) is 6.26. The molecule has 2 rings (SSSR count). The molecule has 5 heteroatoms. The molecule has 1 aromatic carbocycles. The number of thiazole rings is 1. The second kappa shape index (κ2) is 5.04. The van der Waals surface area contributed by atoms with Gasteiger partial charge in [-0.2, -0.15) is 0 Å². The molecule has 1 aromatic heterocycles. The van der Waals surface area contributed by atoms with Crippen molar-refractivity contribution in [2.45, 2.75) is 13.5 Å². The van der Waals surface area contributed by atoms with E-state index in [9.17, 15) is 0 Å². The molecule has 0 atom stereocenters. The Kier molecular flexibility index (Phi) is 3.66. The standard InChI is InChI=1S/C12H12ClNO2S/c1-7-10(6-15)14-12(17-7)9-5-8(13)3-4-11(9)16-2/h3-5,15H,6H2,1-2H3. The normalized spacial score (nSPS) is 10.6. The van der Waals surface area contributed by atoms with Gasteiger partial charge in [-0.3, -0.25) is 0 Å². The third-order valence-corrected chi connectivity index (χ3v) is 3.72. The molecule has 0 spiro atoms. The maximum absolute atomic E-state index is 9.15. The highest BCUT2D eigenvalue weighted by Crippen LogP contribution is 2.35. The molecule has 0 aliphatic carbocycles. The smallest absolute Gasteiger partial charge is 0.129 e. The molecule has 0 unspecified atom stereocenters. The largest absolute Gasteiger partial charge is 0.496 e. The van der Waals surface area contributed by atoms with Crippen molar-refractivity contribution in [1.29, 1.82) is 0 Å². The minimum Gasteiger partial charge on any atom is -0.496 e. The van der Waals surface area contributed by atoms with E-state index in [-0.39, 0.29) is 6.61 Å². The van der Waals surface area contributed by atoms with Crippen LogP contribution in [0.25, 0.3) is 10.6 Å². The summed E-state index contributed by atoms with van der Waals surface area (Å²) in [5, 5.41) is 10.6. The van der Waals surface area contributed by atoms with Crippen molar-refractivity contribution in [3.8, 4) is 16.3 Å². The molecule has 0 aliphatic heterocycles. The summed E-state index contributed by atoms with van der Waals surface area (Å²) in [5.74, 6) is 0.729. The van der Waals surface area contributed by atoms with Crippen LogP contribution < -0.4 is 4.74 Å². The molecule has 0 radical (unpaired) electrons. The van der Waals surface area contributed by atoms with E-state index in [0.717, 1.165) is 21.2 Å². The van der Waals surface area contributed by atoms with Gasteiger partial charge in [0.1, 0.15) is 10.8 Å². The first-order valence-electron chi connectivity index (χ1n) is 5.06. The zero-order chi connectivity index (χ0) is 12.4. The average Bonchev–Trinajstić information content (AvgIpc) is 2.70. The van der Waals surface area contributed by atoms with Crippen molar-refractivity contribution in [2.75, 3.05) is 7.11 Å². The fraction of sp³-hybridized carbons (Fsp3) is 0.250. The molecule has 90 valence electrons. The molecule has 3 nitrogen and oxygen atoms in total. The number of nitrogens with zero attached hydrogens (tertiary/aromatic N) is 1. The molecule has 0 fully saturated rings. The SMILES string of the molecule is COc1ccc(Cl)cc1-c1nc(CO)c(C)s1. The summed E-state index contributed by atoms with van der Waals surface area (Å²) in [5.41, 5.74) is 1.56. The van der Waals surface area contributed by atoms with Crippen molar-refractivity contribution in [2.24, 2.45) is 0 Å². The molecular weight excluding hydrogens is 258 g/mol. The number of ether oxygens (including phenoxy) is 1. The van der Waals surface area contributed by atoms with Crippen LogP contribution in [-0.4, -0.2) is 17.2 Å². The van der Waals surface area contributed by atoms with Gasteiger partial charge in [0.25, 0.3) is 0 Å².